The maximum atomic E-state index is 8.83. The minimum absolute atomic E-state index is 0.112. The fourth-order valence-electron chi connectivity index (χ4n) is 2.36. The van der Waals surface area contributed by atoms with Crippen LogP contribution in [0.25, 0.3) is 11.3 Å². The van der Waals surface area contributed by atoms with Gasteiger partial charge >= 0.3 is 0 Å². The van der Waals surface area contributed by atoms with Crippen LogP contribution in [0.5, 0.6) is 0 Å². The lowest BCUT2D eigenvalue weighted by atomic mass is 10.1. The Hall–Kier alpha value is -2.83. The Kier molecular flexibility index (Phi) is 5.25. The van der Waals surface area contributed by atoms with Gasteiger partial charge in [0.05, 0.1) is 16.4 Å². The zero-order valence-electron chi connectivity index (χ0n) is 13.7. The highest BCUT2D eigenvalue weighted by atomic mass is 35.5. The van der Waals surface area contributed by atoms with Crippen LogP contribution in [0.2, 0.25) is 10.0 Å². The molecule has 1 aromatic heterocycles. The first-order valence-corrected chi connectivity index (χ1v) is 8.38. The lowest BCUT2D eigenvalue weighted by Gasteiger charge is -2.10. The SMILES string of the molecule is C/C(=N/O)c1ccc(Nc2cc(-c3cc(Cl)ccc3Cl)nc(N)n2)cc1. The van der Waals surface area contributed by atoms with Crippen LogP contribution in [-0.2, 0) is 0 Å². The van der Waals surface area contributed by atoms with Gasteiger partial charge in [-0.15, -0.1) is 0 Å². The Morgan fingerprint density at radius 2 is 1.81 bits per heavy atom. The van der Waals surface area contributed by atoms with Gasteiger partial charge in [-0.25, -0.2) is 4.98 Å². The van der Waals surface area contributed by atoms with Gasteiger partial charge in [0.1, 0.15) is 5.82 Å². The fraction of sp³-hybridized carbons (Fsp3) is 0.0556. The Bertz CT molecular complexity index is 974. The van der Waals surface area contributed by atoms with Crippen LogP contribution in [0.4, 0.5) is 17.5 Å². The highest BCUT2D eigenvalue weighted by Crippen LogP contribution is 2.31. The summed E-state index contributed by atoms with van der Waals surface area (Å²) in [5.41, 5.74) is 9.20. The molecule has 0 aliphatic rings. The summed E-state index contributed by atoms with van der Waals surface area (Å²) in [6.45, 7) is 1.72. The van der Waals surface area contributed by atoms with E-state index < -0.39 is 0 Å². The number of nitrogens with one attached hydrogen (secondary N) is 1. The van der Waals surface area contributed by atoms with Gasteiger partial charge in [-0.05, 0) is 42.8 Å². The third kappa shape index (κ3) is 4.04. The summed E-state index contributed by atoms with van der Waals surface area (Å²) in [5, 5.41) is 16.2. The molecule has 3 rings (SSSR count). The van der Waals surface area contributed by atoms with Gasteiger partial charge in [-0.2, -0.15) is 4.98 Å². The van der Waals surface area contributed by atoms with Crippen LogP contribution in [0.15, 0.2) is 53.7 Å². The van der Waals surface area contributed by atoms with Gasteiger partial charge in [-0.1, -0.05) is 40.5 Å². The van der Waals surface area contributed by atoms with Crippen molar-refractivity contribution in [1.82, 2.24) is 9.97 Å². The van der Waals surface area contributed by atoms with E-state index in [0.717, 1.165) is 11.3 Å². The second kappa shape index (κ2) is 7.59. The lowest BCUT2D eigenvalue weighted by Crippen LogP contribution is -2.02. The van der Waals surface area contributed by atoms with Crippen molar-refractivity contribution < 1.29 is 5.21 Å². The standard InChI is InChI=1S/C18H15Cl2N5O/c1-10(25-26)11-2-5-13(6-3-11)22-17-9-16(23-18(21)24-17)14-8-12(19)4-7-15(14)20/h2-9,26H,1H3,(H3,21,22,23,24)/b25-10-. The highest BCUT2D eigenvalue weighted by Gasteiger charge is 2.10. The molecule has 0 radical (unpaired) electrons. The predicted molar refractivity (Wildman–Crippen MR) is 106 cm³/mol. The van der Waals surface area contributed by atoms with Gasteiger partial charge in [0.25, 0.3) is 0 Å². The predicted octanol–water partition coefficient (Wildman–Crippen LogP) is 4.97. The van der Waals surface area contributed by atoms with Crippen molar-refractivity contribution in [1.29, 1.82) is 0 Å². The van der Waals surface area contributed by atoms with Crippen molar-refractivity contribution in [3.8, 4) is 11.3 Å². The average molecular weight is 388 g/mol. The summed E-state index contributed by atoms with van der Waals surface area (Å²) < 4.78 is 0. The molecular weight excluding hydrogens is 373 g/mol. The lowest BCUT2D eigenvalue weighted by molar-refractivity contribution is 0.319. The maximum absolute atomic E-state index is 8.83. The van der Waals surface area contributed by atoms with E-state index in [0.29, 0.717) is 32.8 Å². The van der Waals surface area contributed by atoms with E-state index in [9.17, 15) is 0 Å². The average Bonchev–Trinajstić information content (AvgIpc) is 2.63. The molecule has 0 unspecified atom stereocenters. The van der Waals surface area contributed by atoms with Crippen LogP contribution in [0.3, 0.4) is 0 Å². The molecule has 0 amide bonds. The van der Waals surface area contributed by atoms with Crippen molar-refractivity contribution in [3.05, 3.63) is 64.1 Å². The molecule has 2 aromatic carbocycles. The van der Waals surface area contributed by atoms with E-state index in [4.69, 9.17) is 34.1 Å². The summed E-state index contributed by atoms with van der Waals surface area (Å²) >= 11 is 12.3. The third-order valence-electron chi connectivity index (χ3n) is 3.67. The molecule has 26 heavy (non-hydrogen) atoms. The van der Waals surface area contributed by atoms with E-state index in [-0.39, 0.29) is 5.95 Å². The summed E-state index contributed by atoms with van der Waals surface area (Å²) in [7, 11) is 0. The number of nitrogens with two attached hydrogens (primary N) is 1. The molecule has 0 saturated heterocycles. The maximum Gasteiger partial charge on any atom is 0.222 e. The van der Waals surface area contributed by atoms with Crippen LogP contribution in [-0.4, -0.2) is 20.9 Å². The number of oxime groups is 1. The second-order valence-electron chi connectivity index (χ2n) is 5.51. The largest absolute Gasteiger partial charge is 0.411 e. The Labute approximate surface area is 160 Å². The first-order chi connectivity index (χ1) is 12.5. The molecule has 0 aliphatic heterocycles. The number of nitrogen functional groups attached to an aromatic ring is 1. The first kappa shape index (κ1) is 18.0. The summed E-state index contributed by atoms with van der Waals surface area (Å²) in [6, 6.07) is 14.2. The Balaban J connectivity index is 1.92. The number of hydrogen-bond donors (Lipinski definition) is 3. The van der Waals surface area contributed by atoms with Gasteiger partial charge in [0.2, 0.25) is 5.95 Å². The third-order valence-corrected chi connectivity index (χ3v) is 4.24. The second-order valence-corrected chi connectivity index (χ2v) is 6.35. The summed E-state index contributed by atoms with van der Waals surface area (Å²) in [6.07, 6.45) is 0. The number of halogens is 2. The Morgan fingerprint density at radius 1 is 1.08 bits per heavy atom. The van der Waals surface area contributed by atoms with Crippen molar-refractivity contribution in [2.45, 2.75) is 6.92 Å². The first-order valence-electron chi connectivity index (χ1n) is 7.62. The van der Waals surface area contributed by atoms with Crippen LogP contribution in [0.1, 0.15) is 12.5 Å². The van der Waals surface area contributed by atoms with E-state index in [2.05, 4.69) is 20.4 Å². The number of nitrogens with zero attached hydrogens (tertiary/aromatic N) is 3. The van der Waals surface area contributed by atoms with Crippen molar-refractivity contribution >= 4 is 46.4 Å². The van der Waals surface area contributed by atoms with E-state index in [1.54, 1.807) is 31.2 Å². The van der Waals surface area contributed by atoms with Crippen LogP contribution < -0.4 is 11.1 Å². The minimum atomic E-state index is 0.112. The van der Waals surface area contributed by atoms with Gasteiger partial charge in [-0.3, -0.25) is 0 Å². The summed E-state index contributed by atoms with van der Waals surface area (Å²) in [5.74, 6) is 0.629. The van der Waals surface area contributed by atoms with E-state index in [1.165, 1.54) is 0 Å². The monoisotopic (exact) mass is 387 g/mol. The number of anilines is 3. The number of hydrogen-bond acceptors (Lipinski definition) is 6. The van der Waals surface area contributed by atoms with E-state index in [1.807, 2.05) is 24.3 Å². The van der Waals surface area contributed by atoms with Crippen LogP contribution >= 0.6 is 23.2 Å². The van der Waals surface area contributed by atoms with Gasteiger partial charge in [0, 0.05) is 22.3 Å². The highest BCUT2D eigenvalue weighted by molar-refractivity contribution is 6.35. The van der Waals surface area contributed by atoms with Crippen LogP contribution in [0, 0.1) is 0 Å². The molecule has 0 bridgehead atoms. The molecular formula is C18H15Cl2N5O. The zero-order valence-corrected chi connectivity index (χ0v) is 15.3. The minimum Gasteiger partial charge on any atom is -0.411 e. The molecule has 6 nitrogen and oxygen atoms in total. The molecule has 3 aromatic rings. The number of benzene rings is 2. The number of rotatable bonds is 4. The molecule has 0 aliphatic carbocycles. The molecule has 0 fully saturated rings. The van der Waals surface area contributed by atoms with Gasteiger partial charge < -0.3 is 16.3 Å². The zero-order chi connectivity index (χ0) is 18.7. The molecule has 1 heterocycles. The van der Waals surface area contributed by atoms with E-state index >= 15 is 0 Å². The summed E-state index contributed by atoms with van der Waals surface area (Å²) in [4.78, 5) is 8.43. The molecule has 4 N–H and O–H groups in total. The Morgan fingerprint density at radius 3 is 2.50 bits per heavy atom. The van der Waals surface area contributed by atoms with Gasteiger partial charge in [0.15, 0.2) is 0 Å². The van der Waals surface area contributed by atoms with Crippen molar-refractivity contribution in [2.24, 2.45) is 5.16 Å². The number of aromatic nitrogens is 2. The molecule has 0 saturated carbocycles. The smallest absolute Gasteiger partial charge is 0.222 e. The van der Waals surface area contributed by atoms with Crippen molar-refractivity contribution in [2.75, 3.05) is 11.1 Å². The molecule has 0 atom stereocenters. The normalized spacial score (nSPS) is 11.4. The quantitative estimate of drug-likeness (QED) is 0.333. The molecule has 8 heteroatoms. The molecule has 0 spiro atoms. The fourth-order valence-corrected chi connectivity index (χ4v) is 2.75. The topological polar surface area (TPSA) is 96.4 Å². The molecule has 132 valence electrons. The van der Waals surface area contributed by atoms with Crippen molar-refractivity contribution in [3.63, 3.8) is 0 Å².